The van der Waals surface area contributed by atoms with Crippen LogP contribution in [-0.4, -0.2) is 41.4 Å². The first kappa shape index (κ1) is 31.7. The number of hydrogen-bond donors (Lipinski definition) is 2. The summed E-state index contributed by atoms with van der Waals surface area (Å²) in [6.45, 7) is -0.0220. The Labute approximate surface area is 281 Å². The van der Waals surface area contributed by atoms with Crippen molar-refractivity contribution >= 4 is 0 Å². The van der Waals surface area contributed by atoms with Crippen LogP contribution in [0.15, 0.2) is 182 Å². The van der Waals surface area contributed by atoms with Gasteiger partial charge in [0.15, 0.2) is 6.29 Å². The second kappa shape index (κ2) is 14.1. The molecule has 0 aliphatic carbocycles. The largest absolute Gasteiger partial charge is 0.387 e. The Morgan fingerprint density at radius 1 is 0.438 bits per heavy atom. The van der Waals surface area contributed by atoms with Crippen LogP contribution >= 0.6 is 0 Å². The molecule has 7 rings (SSSR count). The monoisotopic (exact) mass is 634 g/mol. The van der Waals surface area contributed by atoms with Gasteiger partial charge in [0.25, 0.3) is 0 Å². The van der Waals surface area contributed by atoms with Crippen molar-refractivity contribution in [2.24, 2.45) is 0 Å². The van der Waals surface area contributed by atoms with Crippen LogP contribution < -0.4 is 0 Å². The summed E-state index contributed by atoms with van der Waals surface area (Å²) in [5.74, 6) is 0. The molecule has 1 aliphatic heterocycles. The second-order valence-electron chi connectivity index (χ2n) is 12.0. The minimum Gasteiger partial charge on any atom is -0.387 e. The van der Waals surface area contributed by atoms with E-state index in [1.165, 1.54) is 0 Å². The lowest BCUT2D eigenvalue weighted by molar-refractivity contribution is -0.175. The van der Waals surface area contributed by atoms with E-state index in [4.69, 9.17) is 14.2 Å². The lowest BCUT2D eigenvalue weighted by Crippen LogP contribution is -2.45. The molecule has 1 aliphatic rings. The van der Waals surface area contributed by atoms with Crippen molar-refractivity contribution in [3.05, 3.63) is 215 Å². The van der Waals surface area contributed by atoms with Gasteiger partial charge >= 0.3 is 0 Å². The fourth-order valence-electron chi connectivity index (χ4n) is 6.89. The number of aliphatic hydroxyl groups is 2. The van der Waals surface area contributed by atoms with Gasteiger partial charge in [0, 0.05) is 0 Å². The minimum atomic E-state index is -1.41. The van der Waals surface area contributed by atoms with Gasteiger partial charge < -0.3 is 24.4 Å². The van der Waals surface area contributed by atoms with E-state index >= 15 is 0 Å². The molecule has 5 nitrogen and oxygen atoms in total. The average molecular weight is 635 g/mol. The fourth-order valence-corrected chi connectivity index (χ4v) is 6.89. The van der Waals surface area contributed by atoms with Crippen LogP contribution in [0.1, 0.15) is 33.4 Å². The number of rotatable bonds is 11. The first-order chi connectivity index (χ1) is 23.6. The summed E-state index contributed by atoms with van der Waals surface area (Å²) in [5, 5.41) is 23.4. The zero-order valence-electron chi connectivity index (χ0n) is 26.5. The summed E-state index contributed by atoms with van der Waals surface area (Å²) >= 11 is 0. The number of ether oxygens (including phenoxy) is 3. The molecule has 5 heteroatoms. The summed E-state index contributed by atoms with van der Waals surface area (Å²) in [4.78, 5) is 0. The lowest BCUT2D eigenvalue weighted by atomic mass is 9.79. The Morgan fingerprint density at radius 2 is 0.729 bits per heavy atom. The van der Waals surface area contributed by atoms with Crippen LogP contribution in [0.4, 0.5) is 0 Å². The van der Waals surface area contributed by atoms with E-state index in [0.717, 1.165) is 33.4 Å². The molecule has 0 unspecified atom stereocenters. The quantitative estimate of drug-likeness (QED) is 0.145. The minimum absolute atomic E-state index is 0.0220. The molecule has 0 radical (unpaired) electrons. The summed E-state index contributed by atoms with van der Waals surface area (Å²) in [6.07, 6.45) is -4.61. The fraction of sp³-hybridized carbons (Fsp3) is 0.163. The molecule has 6 aromatic carbocycles. The van der Waals surface area contributed by atoms with E-state index < -0.39 is 35.8 Å². The van der Waals surface area contributed by atoms with Gasteiger partial charge in [0.05, 0.1) is 6.61 Å². The third kappa shape index (κ3) is 5.88. The van der Waals surface area contributed by atoms with Gasteiger partial charge in [-0.15, -0.1) is 0 Å². The summed E-state index contributed by atoms with van der Waals surface area (Å²) in [6, 6.07) is 59.8. The number of aliphatic hydroxyl groups excluding tert-OH is 2. The standard InChI is InChI=1S/C43H38O5/c44-39-38(31-46-42(32-19-7-1-8-20-32,33-21-9-2-10-22-33)34-23-11-3-12-24-34)47-41(45)40(39)48-43(35-25-13-4-14-26-35,36-27-15-5-16-28-36)37-29-17-6-18-30-37/h1-30,38-41,44-45H,31H2/t38-,39-,40+,41+/m0/s1. The lowest BCUT2D eigenvalue weighted by Gasteiger charge is -2.39. The molecule has 0 aromatic heterocycles. The molecule has 4 atom stereocenters. The molecule has 1 saturated heterocycles. The molecule has 0 bridgehead atoms. The van der Waals surface area contributed by atoms with Crippen molar-refractivity contribution in [1.82, 2.24) is 0 Å². The first-order valence-electron chi connectivity index (χ1n) is 16.3. The van der Waals surface area contributed by atoms with E-state index in [0.29, 0.717) is 0 Å². The molecule has 240 valence electrons. The van der Waals surface area contributed by atoms with Gasteiger partial charge in [-0.25, -0.2) is 0 Å². The maximum Gasteiger partial charge on any atom is 0.184 e. The Balaban J connectivity index is 1.26. The molecule has 0 spiro atoms. The zero-order valence-corrected chi connectivity index (χ0v) is 26.5. The smallest absolute Gasteiger partial charge is 0.184 e. The molecule has 6 aromatic rings. The number of hydrogen-bond acceptors (Lipinski definition) is 5. The van der Waals surface area contributed by atoms with Crippen molar-refractivity contribution in [2.45, 2.75) is 35.8 Å². The normalized spacial score (nSPS) is 19.6. The third-order valence-corrected chi connectivity index (χ3v) is 9.17. The van der Waals surface area contributed by atoms with Crippen LogP contribution in [0.2, 0.25) is 0 Å². The van der Waals surface area contributed by atoms with Crippen molar-refractivity contribution in [2.75, 3.05) is 6.61 Å². The van der Waals surface area contributed by atoms with Crippen LogP contribution in [0.3, 0.4) is 0 Å². The molecule has 1 fully saturated rings. The van der Waals surface area contributed by atoms with Crippen LogP contribution in [0, 0.1) is 0 Å². The SMILES string of the molecule is O[C@@H]1[C@@H](OC(c2ccccc2)(c2ccccc2)c2ccccc2)[C@H](O)O[C@H]1COC(c1ccccc1)(c1ccccc1)c1ccccc1. The highest BCUT2D eigenvalue weighted by molar-refractivity contribution is 5.49. The van der Waals surface area contributed by atoms with E-state index in [1.54, 1.807) is 0 Å². The van der Waals surface area contributed by atoms with Gasteiger partial charge in [0.1, 0.15) is 29.5 Å². The highest BCUT2D eigenvalue weighted by Gasteiger charge is 2.51. The van der Waals surface area contributed by atoms with Gasteiger partial charge in [0.2, 0.25) is 0 Å². The Hall–Kier alpha value is -4.88. The van der Waals surface area contributed by atoms with Crippen molar-refractivity contribution < 1.29 is 24.4 Å². The van der Waals surface area contributed by atoms with Gasteiger partial charge in [-0.2, -0.15) is 0 Å². The maximum atomic E-state index is 11.9. The predicted molar refractivity (Wildman–Crippen MR) is 186 cm³/mol. The Morgan fingerprint density at radius 3 is 1.04 bits per heavy atom. The topological polar surface area (TPSA) is 68.2 Å². The van der Waals surface area contributed by atoms with E-state index in [2.05, 4.69) is 0 Å². The molecule has 48 heavy (non-hydrogen) atoms. The highest BCUT2D eigenvalue weighted by Crippen LogP contribution is 2.45. The van der Waals surface area contributed by atoms with Crippen molar-refractivity contribution in [3.8, 4) is 0 Å². The second-order valence-corrected chi connectivity index (χ2v) is 12.0. The predicted octanol–water partition coefficient (Wildman–Crippen LogP) is 7.45. The molecule has 0 saturated carbocycles. The maximum absolute atomic E-state index is 11.9. The van der Waals surface area contributed by atoms with Crippen LogP contribution in [0.5, 0.6) is 0 Å². The van der Waals surface area contributed by atoms with Crippen molar-refractivity contribution in [1.29, 1.82) is 0 Å². The summed E-state index contributed by atoms with van der Waals surface area (Å²) in [7, 11) is 0. The van der Waals surface area contributed by atoms with E-state index in [-0.39, 0.29) is 6.61 Å². The Bertz CT molecular complexity index is 1660. The number of benzene rings is 6. The molecule has 1 heterocycles. The van der Waals surface area contributed by atoms with Crippen LogP contribution in [0.25, 0.3) is 0 Å². The summed E-state index contributed by atoms with van der Waals surface area (Å²) in [5.41, 5.74) is 3.20. The molecular formula is C43H38O5. The van der Waals surface area contributed by atoms with Gasteiger partial charge in [-0.3, -0.25) is 0 Å². The van der Waals surface area contributed by atoms with Gasteiger partial charge in [-0.05, 0) is 33.4 Å². The van der Waals surface area contributed by atoms with Gasteiger partial charge in [-0.1, -0.05) is 182 Å². The summed E-state index contributed by atoms with van der Waals surface area (Å²) < 4.78 is 20.1. The molecule has 0 amide bonds. The van der Waals surface area contributed by atoms with E-state index in [9.17, 15) is 10.2 Å². The average Bonchev–Trinajstić information content (AvgIpc) is 3.43. The van der Waals surface area contributed by atoms with Crippen molar-refractivity contribution in [3.63, 3.8) is 0 Å². The molecule has 2 N–H and O–H groups in total. The van der Waals surface area contributed by atoms with Crippen LogP contribution in [-0.2, 0) is 25.4 Å². The highest BCUT2D eigenvalue weighted by atomic mass is 16.7. The molecular weight excluding hydrogens is 596 g/mol. The Kier molecular flexibility index (Phi) is 9.30. The first-order valence-corrected chi connectivity index (χ1v) is 16.3. The van der Waals surface area contributed by atoms with E-state index in [1.807, 2.05) is 182 Å². The third-order valence-electron chi connectivity index (χ3n) is 9.17. The zero-order chi connectivity index (χ0) is 32.8.